The summed E-state index contributed by atoms with van der Waals surface area (Å²) in [5, 5.41) is 17.7. The lowest BCUT2D eigenvalue weighted by Crippen LogP contribution is -2.33. The normalized spacial score (nSPS) is 13.4. The fourth-order valence-electron chi connectivity index (χ4n) is 3.82. The van der Waals surface area contributed by atoms with Crippen LogP contribution in [0.15, 0.2) is 36.4 Å². The van der Waals surface area contributed by atoms with E-state index in [0.29, 0.717) is 26.2 Å². The first kappa shape index (κ1) is 33.2. The molecular formula is C28H42N4O7. The summed E-state index contributed by atoms with van der Waals surface area (Å²) < 4.78 is 10.6. The molecular weight excluding hydrogens is 504 g/mol. The van der Waals surface area contributed by atoms with Gasteiger partial charge >= 0.3 is 12.2 Å². The zero-order valence-electron chi connectivity index (χ0n) is 23.1. The monoisotopic (exact) mass is 546 g/mol. The van der Waals surface area contributed by atoms with Crippen molar-refractivity contribution in [1.82, 2.24) is 9.80 Å². The Balaban J connectivity index is 0.000000360. The van der Waals surface area contributed by atoms with E-state index in [1.54, 1.807) is 36.6 Å². The van der Waals surface area contributed by atoms with Crippen LogP contribution >= 0.6 is 0 Å². The lowest BCUT2D eigenvalue weighted by molar-refractivity contribution is -0.384. The van der Waals surface area contributed by atoms with E-state index in [1.165, 1.54) is 12.1 Å². The number of benzene rings is 2. The second-order valence-corrected chi connectivity index (χ2v) is 10.9. The minimum Gasteiger partial charge on any atom is -0.444 e. The minimum atomic E-state index is -0.544. The summed E-state index contributed by atoms with van der Waals surface area (Å²) in [6, 6.07) is 10.4. The molecule has 0 bridgehead atoms. The molecule has 0 atom stereocenters. The molecule has 2 aliphatic heterocycles. The summed E-state index contributed by atoms with van der Waals surface area (Å²) in [4.78, 5) is 37.3. The molecule has 3 N–H and O–H groups in total. The van der Waals surface area contributed by atoms with Crippen LogP contribution in [0.4, 0.5) is 21.0 Å². The van der Waals surface area contributed by atoms with Crippen LogP contribution < -0.4 is 5.73 Å². The lowest BCUT2D eigenvalue weighted by Gasteiger charge is -2.24. The highest BCUT2D eigenvalue weighted by Crippen LogP contribution is 2.28. The van der Waals surface area contributed by atoms with Crippen LogP contribution in [0.3, 0.4) is 0 Å². The van der Waals surface area contributed by atoms with Crippen molar-refractivity contribution >= 4 is 23.6 Å². The van der Waals surface area contributed by atoms with Gasteiger partial charge in [-0.1, -0.05) is 19.6 Å². The molecule has 216 valence electrons. The molecule has 2 aliphatic rings. The van der Waals surface area contributed by atoms with Crippen molar-refractivity contribution in [2.45, 2.75) is 86.4 Å². The smallest absolute Gasteiger partial charge is 0.410 e. The van der Waals surface area contributed by atoms with Gasteiger partial charge in [-0.15, -0.1) is 0 Å². The Labute approximate surface area is 230 Å². The van der Waals surface area contributed by atoms with Crippen LogP contribution in [0.5, 0.6) is 0 Å². The van der Waals surface area contributed by atoms with Gasteiger partial charge < -0.3 is 20.3 Å². The molecule has 0 spiro atoms. The number of anilines is 1. The molecule has 0 fully saturated rings. The summed E-state index contributed by atoms with van der Waals surface area (Å²) in [6.45, 7) is 13.0. The minimum absolute atomic E-state index is 0. The van der Waals surface area contributed by atoms with Gasteiger partial charge in [-0.05, 0) is 75.9 Å². The number of nitro benzene ring substituents is 1. The van der Waals surface area contributed by atoms with Gasteiger partial charge in [0.25, 0.3) is 5.69 Å². The van der Waals surface area contributed by atoms with Crippen molar-refractivity contribution in [3.63, 3.8) is 0 Å². The molecule has 2 heterocycles. The highest BCUT2D eigenvalue weighted by Gasteiger charge is 2.29. The molecule has 2 aromatic rings. The van der Waals surface area contributed by atoms with E-state index in [-0.39, 0.29) is 19.2 Å². The Morgan fingerprint density at radius 1 is 0.795 bits per heavy atom. The Morgan fingerprint density at radius 3 is 1.59 bits per heavy atom. The third-order valence-corrected chi connectivity index (χ3v) is 5.38. The standard InChI is InChI=1S/C13H16N2O4.C13H18N2O2.CH4O.CH4/c1-13(2,3)19-12(16)14-7-9-4-5-11(15(17)18)6-10(9)8-14;1-13(2,3)17-12(16)15-7-9-4-5-11(14)6-10(9)8-15;1-2;/h4-6H,7-8H2,1-3H3;4-6H,7-8,14H2,1-3H3;2H,1H3;1H4. The molecule has 0 unspecified atom stereocenters. The maximum atomic E-state index is 11.9. The van der Waals surface area contributed by atoms with Crippen molar-refractivity contribution in [2.75, 3.05) is 12.8 Å². The third kappa shape index (κ3) is 9.75. The van der Waals surface area contributed by atoms with Crippen LogP contribution in [0.1, 0.15) is 71.2 Å². The maximum Gasteiger partial charge on any atom is 0.410 e. The first-order valence-corrected chi connectivity index (χ1v) is 12.2. The van der Waals surface area contributed by atoms with Crippen molar-refractivity contribution in [3.05, 3.63) is 68.8 Å². The maximum absolute atomic E-state index is 11.9. The molecule has 4 rings (SSSR count). The van der Waals surface area contributed by atoms with Gasteiger partial charge in [-0.2, -0.15) is 0 Å². The average molecular weight is 547 g/mol. The van der Waals surface area contributed by atoms with Crippen molar-refractivity contribution < 1.29 is 29.1 Å². The summed E-state index contributed by atoms with van der Waals surface area (Å²) in [6.07, 6.45) is -0.668. The number of aliphatic hydroxyl groups excluding tert-OH is 1. The number of nitrogen functional groups attached to an aromatic ring is 1. The number of ether oxygens (including phenoxy) is 2. The fourth-order valence-corrected chi connectivity index (χ4v) is 3.82. The van der Waals surface area contributed by atoms with Gasteiger partial charge in [-0.3, -0.25) is 19.9 Å². The molecule has 0 aromatic heterocycles. The second kappa shape index (κ2) is 13.3. The molecule has 0 saturated heterocycles. The van der Waals surface area contributed by atoms with Crippen LogP contribution in [-0.2, 0) is 35.7 Å². The van der Waals surface area contributed by atoms with E-state index in [9.17, 15) is 19.7 Å². The van der Waals surface area contributed by atoms with Crippen molar-refractivity contribution in [2.24, 2.45) is 0 Å². The number of nitrogens with two attached hydrogens (primary N) is 1. The lowest BCUT2D eigenvalue weighted by atomic mass is 10.1. The molecule has 2 amide bonds. The SMILES string of the molecule is C.CC(C)(C)OC(=O)N1Cc2ccc(N)cc2C1.CC(C)(C)OC(=O)N1Cc2ccc([N+](=O)[O-])cc2C1.CO. The van der Waals surface area contributed by atoms with E-state index >= 15 is 0 Å². The Hall–Kier alpha value is -3.86. The average Bonchev–Trinajstić information content (AvgIpc) is 3.42. The largest absolute Gasteiger partial charge is 0.444 e. The van der Waals surface area contributed by atoms with Crippen LogP contribution in [0.25, 0.3) is 0 Å². The van der Waals surface area contributed by atoms with E-state index in [2.05, 4.69) is 0 Å². The van der Waals surface area contributed by atoms with Gasteiger partial charge in [0.05, 0.1) is 4.92 Å². The molecule has 2 aromatic carbocycles. The van der Waals surface area contributed by atoms with Crippen molar-refractivity contribution in [3.8, 4) is 0 Å². The molecule has 11 nitrogen and oxygen atoms in total. The van der Waals surface area contributed by atoms with E-state index in [1.807, 2.05) is 39.0 Å². The zero-order chi connectivity index (χ0) is 28.8. The predicted octanol–water partition coefficient (Wildman–Crippen LogP) is 5.61. The second-order valence-electron chi connectivity index (χ2n) is 10.9. The number of non-ortho nitro benzene ring substituents is 1. The quantitative estimate of drug-likeness (QED) is 0.266. The number of aliphatic hydroxyl groups is 1. The number of carbonyl (C=O) groups excluding carboxylic acids is 2. The number of hydrogen-bond donors (Lipinski definition) is 2. The van der Waals surface area contributed by atoms with E-state index in [4.69, 9.17) is 20.3 Å². The summed E-state index contributed by atoms with van der Waals surface area (Å²) in [5.74, 6) is 0. The highest BCUT2D eigenvalue weighted by atomic mass is 16.6. The van der Waals surface area contributed by atoms with Gasteiger partial charge in [-0.25, -0.2) is 9.59 Å². The Morgan fingerprint density at radius 2 is 1.18 bits per heavy atom. The number of nitrogens with zero attached hydrogens (tertiary/aromatic N) is 3. The predicted molar refractivity (Wildman–Crippen MR) is 150 cm³/mol. The molecule has 39 heavy (non-hydrogen) atoms. The molecule has 0 aliphatic carbocycles. The number of rotatable bonds is 1. The van der Waals surface area contributed by atoms with Gasteiger partial charge in [0.2, 0.25) is 0 Å². The van der Waals surface area contributed by atoms with Crippen LogP contribution in [0.2, 0.25) is 0 Å². The summed E-state index contributed by atoms with van der Waals surface area (Å²) in [7, 11) is 1.00. The zero-order valence-corrected chi connectivity index (χ0v) is 23.1. The fraction of sp³-hybridized carbons (Fsp3) is 0.500. The van der Waals surface area contributed by atoms with Crippen LogP contribution in [0, 0.1) is 10.1 Å². The number of amides is 2. The first-order chi connectivity index (χ1) is 17.6. The number of hydrogen-bond acceptors (Lipinski definition) is 8. The Kier molecular flexibility index (Phi) is 11.3. The first-order valence-electron chi connectivity index (χ1n) is 12.2. The highest BCUT2D eigenvalue weighted by molar-refractivity contribution is 5.70. The summed E-state index contributed by atoms with van der Waals surface area (Å²) in [5.41, 5.74) is 9.48. The van der Waals surface area contributed by atoms with Gasteiger partial charge in [0, 0.05) is 51.1 Å². The molecule has 11 heteroatoms. The van der Waals surface area contributed by atoms with Crippen molar-refractivity contribution in [1.29, 1.82) is 0 Å². The Bertz CT molecular complexity index is 1170. The third-order valence-electron chi connectivity index (χ3n) is 5.38. The van der Waals surface area contributed by atoms with E-state index < -0.39 is 22.2 Å². The van der Waals surface area contributed by atoms with Gasteiger partial charge in [0.15, 0.2) is 0 Å². The summed E-state index contributed by atoms with van der Waals surface area (Å²) >= 11 is 0. The van der Waals surface area contributed by atoms with Crippen LogP contribution in [-0.4, -0.2) is 50.3 Å². The van der Waals surface area contributed by atoms with E-state index in [0.717, 1.165) is 35.1 Å². The number of carbonyl (C=O) groups is 2. The number of nitro groups is 1. The molecule has 0 radical (unpaired) electrons. The van der Waals surface area contributed by atoms with Gasteiger partial charge in [0.1, 0.15) is 11.2 Å². The molecule has 0 saturated carbocycles. The topological polar surface area (TPSA) is 148 Å². The number of fused-ring (bicyclic) bond motifs is 2.